The maximum atomic E-state index is 5.16. The van der Waals surface area contributed by atoms with Gasteiger partial charge in [-0.1, -0.05) is 56.5 Å². The predicted molar refractivity (Wildman–Crippen MR) is 86.4 cm³/mol. The number of unbranched alkanes of at least 4 members (excludes halogenated alkanes) is 3. The van der Waals surface area contributed by atoms with Gasteiger partial charge in [0, 0.05) is 11.6 Å². The van der Waals surface area contributed by atoms with Gasteiger partial charge in [0.15, 0.2) is 4.34 Å². The van der Waals surface area contributed by atoms with Crippen LogP contribution in [0.15, 0.2) is 46.2 Å². The minimum atomic E-state index is 0.917. The monoisotopic (exact) mass is 294 g/mol. The van der Waals surface area contributed by atoms with Gasteiger partial charge in [-0.25, -0.2) is 4.98 Å². The Morgan fingerprint density at radius 1 is 1.16 bits per heavy atom. The van der Waals surface area contributed by atoms with E-state index in [2.05, 4.69) is 42.2 Å². The molecule has 0 unspecified atom stereocenters. The van der Waals surface area contributed by atoms with Crippen molar-refractivity contribution in [1.82, 2.24) is 4.98 Å². The van der Waals surface area contributed by atoms with Crippen LogP contribution in [0.1, 0.15) is 38.2 Å². The highest BCUT2D eigenvalue weighted by Crippen LogP contribution is 2.12. The smallest absolute Gasteiger partial charge is 0.164 e. The molecule has 0 aliphatic heterocycles. The quantitative estimate of drug-likeness (QED) is 0.607. The molecule has 1 aromatic heterocycles. The van der Waals surface area contributed by atoms with Crippen LogP contribution in [0.25, 0.3) is 0 Å². The molecular weight excluding hydrogens is 272 g/mol. The van der Waals surface area contributed by atoms with Gasteiger partial charge in [0.1, 0.15) is 0 Å². The van der Waals surface area contributed by atoms with E-state index in [1.807, 2.05) is 5.38 Å². The zero-order valence-electron chi connectivity index (χ0n) is 11.4. The molecule has 2 nitrogen and oxygen atoms in total. The Morgan fingerprint density at radius 2 is 1.95 bits per heavy atom. The van der Waals surface area contributed by atoms with Gasteiger partial charge in [-0.3, -0.25) is 5.14 Å². The van der Waals surface area contributed by atoms with E-state index in [-0.39, 0.29) is 0 Å². The lowest BCUT2D eigenvalue weighted by Gasteiger charge is -1.99. The fraction of sp³-hybridized carbons (Fsp3) is 0.400. The Labute approximate surface area is 124 Å². The molecule has 0 saturated carbocycles. The maximum Gasteiger partial charge on any atom is 0.164 e. The SMILES string of the molecule is CCCCCCc1ccccc1.NSc1nccs1. The van der Waals surface area contributed by atoms with Crippen LogP contribution >= 0.6 is 23.3 Å². The third kappa shape index (κ3) is 8.03. The van der Waals surface area contributed by atoms with Gasteiger partial charge in [-0.15, -0.1) is 11.3 Å². The molecule has 0 spiro atoms. The van der Waals surface area contributed by atoms with E-state index in [4.69, 9.17) is 5.14 Å². The van der Waals surface area contributed by atoms with Crippen molar-refractivity contribution >= 4 is 23.3 Å². The van der Waals surface area contributed by atoms with Gasteiger partial charge < -0.3 is 0 Å². The number of hydrogen-bond donors (Lipinski definition) is 1. The Balaban J connectivity index is 0.000000218. The lowest BCUT2D eigenvalue weighted by atomic mass is 10.1. The summed E-state index contributed by atoms with van der Waals surface area (Å²) >= 11 is 2.73. The summed E-state index contributed by atoms with van der Waals surface area (Å²) in [7, 11) is 0. The molecule has 1 heterocycles. The summed E-state index contributed by atoms with van der Waals surface area (Å²) in [4.78, 5) is 3.89. The first kappa shape index (κ1) is 16.2. The highest BCUT2D eigenvalue weighted by Gasteiger charge is 1.90. The van der Waals surface area contributed by atoms with Gasteiger partial charge in [0.25, 0.3) is 0 Å². The van der Waals surface area contributed by atoms with Crippen molar-refractivity contribution in [2.45, 2.75) is 43.4 Å². The van der Waals surface area contributed by atoms with E-state index in [0.29, 0.717) is 0 Å². The Bertz CT molecular complexity index is 401. The number of aromatic nitrogens is 1. The molecule has 19 heavy (non-hydrogen) atoms. The third-order valence-electron chi connectivity index (χ3n) is 2.67. The summed E-state index contributed by atoms with van der Waals surface area (Å²) < 4.78 is 0.917. The van der Waals surface area contributed by atoms with Crippen molar-refractivity contribution in [3.63, 3.8) is 0 Å². The molecule has 0 aliphatic rings. The molecule has 0 fully saturated rings. The molecule has 2 aromatic rings. The minimum Gasteiger partial charge on any atom is -0.272 e. The van der Waals surface area contributed by atoms with Crippen molar-refractivity contribution < 1.29 is 0 Å². The first-order chi connectivity index (χ1) is 9.36. The van der Waals surface area contributed by atoms with Crippen LogP contribution in [-0.2, 0) is 6.42 Å². The molecule has 0 atom stereocenters. The number of nitrogens with zero attached hydrogens (tertiary/aromatic N) is 1. The number of thiazole rings is 1. The van der Waals surface area contributed by atoms with Crippen molar-refractivity contribution in [3.05, 3.63) is 47.5 Å². The molecule has 0 amide bonds. The van der Waals surface area contributed by atoms with Crippen LogP contribution in [0, 0.1) is 0 Å². The van der Waals surface area contributed by atoms with Gasteiger partial charge in [0.05, 0.1) is 0 Å². The van der Waals surface area contributed by atoms with Gasteiger partial charge in [-0.2, -0.15) is 0 Å². The highest BCUT2D eigenvalue weighted by molar-refractivity contribution is 7.98. The summed E-state index contributed by atoms with van der Waals surface area (Å²) in [5, 5.41) is 7.06. The maximum absolute atomic E-state index is 5.16. The van der Waals surface area contributed by atoms with Crippen LogP contribution in [-0.4, -0.2) is 4.98 Å². The van der Waals surface area contributed by atoms with Crippen LogP contribution in [0.2, 0.25) is 0 Å². The minimum absolute atomic E-state index is 0.917. The molecule has 104 valence electrons. The van der Waals surface area contributed by atoms with Crippen molar-refractivity contribution in [2.24, 2.45) is 5.14 Å². The normalized spacial score (nSPS) is 9.79. The van der Waals surface area contributed by atoms with Gasteiger partial charge >= 0.3 is 0 Å². The van der Waals surface area contributed by atoms with E-state index in [9.17, 15) is 0 Å². The van der Waals surface area contributed by atoms with Crippen LogP contribution in [0.4, 0.5) is 0 Å². The average Bonchev–Trinajstić information content (AvgIpc) is 2.99. The van der Waals surface area contributed by atoms with E-state index in [0.717, 1.165) is 4.34 Å². The van der Waals surface area contributed by atoms with E-state index in [1.54, 1.807) is 17.5 Å². The van der Waals surface area contributed by atoms with Crippen molar-refractivity contribution in [3.8, 4) is 0 Å². The Kier molecular flexibility index (Phi) is 9.41. The molecule has 0 saturated heterocycles. The third-order valence-corrected chi connectivity index (χ3v) is 4.12. The first-order valence-corrected chi connectivity index (χ1v) is 8.43. The topological polar surface area (TPSA) is 38.9 Å². The second-order valence-corrected chi connectivity index (χ2v) is 5.99. The van der Waals surface area contributed by atoms with E-state index >= 15 is 0 Å². The number of hydrogen-bond acceptors (Lipinski definition) is 4. The molecule has 0 aliphatic carbocycles. The lowest BCUT2D eigenvalue weighted by molar-refractivity contribution is 0.667. The lowest BCUT2D eigenvalue weighted by Crippen LogP contribution is -1.84. The number of nitrogens with two attached hydrogens (primary N) is 1. The molecule has 4 heteroatoms. The fourth-order valence-corrected chi connectivity index (χ4v) is 2.54. The summed E-state index contributed by atoms with van der Waals surface area (Å²) in [6, 6.07) is 10.7. The molecule has 0 radical (unpaired) electrons. The molecule has 2 rings (SSSR count). The zero-order chi connectivity index (χ0) is 13.8. The largest absolute Gasteiger partial charge is 0.272 e. The number of aryl methyl sites for hydroxylation is 1. The highest BCUT2D eigenvalue weighted by atomic mass is 32.2. The Hall–Kier alpha value is -0.840. The van der Waals surface area contributed by atoms with Gasteiger partial charge in [0.2, 0.25) is 0 Å². The van der Waals surface area contributed by atoms with E-state index in [1.165, 1.54) is 49.6 Å². The fourth-order valence-electron chi connectivity index (χ4n) is 1.67. The van der Waals surface area contributed by atoms with E-state index < -0.39 is 0 Å². The van der Waals surface area contributed by atoms with Gasteiger partial charge in [-0.05, 0) is 30.4 Å². The summed E-state index contributed by atoms with van der Waals surface area (Å²) in [5.74, 6) is 0. The van der Waals surface area contributed by atoms with Crippen LogP contribution in [0.5, 0.6) is 0 Å². The number of rotatable bonds is 6. The molecule has 0 bridgehead atoms. The average molecular weight is 294 g/mol. The summed E-state index contributed by atoms with van der Waals surface area (Å²) in [5.41, 5.74) is 1.48. The zero-order valence-corrected chi connectivity index (χ0v) is 13.1. The Morgan fingerprint density at radius 3 is 2.47 bits per heavy atom. The number of benzene rings is 1. The standard InChI is InChI=1S/C12H18.C3H4N2S2/c1-2-3-4-6-9-12-10-7-5-8-11-12;4-7-3-5-1-2-6-3/h5,7-8,10-11H,2-4,6,9H2,1H3;1-2H,4H2. The summed E-state index contributed by atoms with van der Waals surface area (Å²) in [6.45, 7) is 2.25. The van der Waals surface area contributed by atoms with Crippen molar-refractivity contribution in [2.75, 3.05) is 0 Å². The van der Waals surface area contributed by atoms with Crippen molar-refractivity contribution in [1.29, 1.82) is 0 Å². The van der Waals surface area contributed by atoms with Crippen LogP contribution < -0.4 is 5.14 Å². The summed E-state index contributed by atoms with van der Waals surface area (Å²) in [6.07, 6.45) is 8.42. The molecular formula is C15H22N2S2. The second-order valence-electron chi connectivity index (χ2n) is 4.21. The van der Waals surface area contributed by atoms with Crippen LogP contribution in [0.3, 0.4) is 0 Å². The molecule has 1 aromatic carbocycles. The first-order valence-electron chi connectivity index (χ1n) is 6.67. The predicted octanol–water partition coefficient (Wildman–Crippen LogP) is 4.92. The molecule has 2 N–H and O–H groups in total. The second kappa shape index (κ2) is 11.0.